The molecular weight excluding hydrogens is 214 g/mol. The summed E-state index contributed by atoms with van der Waals surface area (Å²) in [5.41, 5.74) is 1.17. The Morgan fingerprint density at radius 2 is 2.12 bits per heavy atom. The maximum absolute atomic E-state index is 5.58. The van der Waals surface area contributed by atoms with Crippen LogP contribution >= 0.6 is 0 Å². The van der Waals surface area contributed by atoms with Gasteiger partial charge in [0.15, 0.2) is 11.5 Å². The lowest BCUT2D eigenvalue weighted by atomic mass is 10.2. The molecule has 0 fully saturated rings. The van der Waals surface area contributed by atoms with Crippen molar-refractivity contribution < 1.29 is 9.47 Å². The minimum Gasteiger partial charge on any atom is -0.490 e. The molecule has 1 rings (SSSR count). The predicted molar refractivity (Wildman–Crippen MR) is 69.3 cm³/mol. The average molecular weight is 233 g/mol. The van der Waals surface area contributed by atoms with Gasteiger partial charge in [0.05, 0.1) is 13.2 Å². The lowest BCUT2D eigenvalue weighted by Crippen LogP contribution is -2.06. The lowest BCUT2D eigenvalue weighted by Gasteiger charge is -2.12. The average Bonchev–Trinajstić information content (AvgIpc) is 2.33. The largest absolute Gasteiger partial charge is 0.490 e. The second kappa shape index (κ2) is 7.59. The van der Waals surface area contributed by atoms with E-state index in [1.54, 1.807) is 0 Å². The molecule has 3 heteroatoms. The Labute approximate surface area is 103 Å². The highest BCUT2D eigenvalue weighted by Gasteiger charge is 2.05. The summed E-state index contributed by atoms with van der Waals surface area (Å²) in [4.78, 5) is 0. The zero-order chi connectivity index (χ0) is 12.5. The number of ether oxygens (including phenoxy) is 2. The van der Waals surface area contributed by atoms with Gasteiger partial charge in [-0.1, -0.05) is 6.07 Å². The molecule has 0 atom stereocenters. The molecule has 1 aromatic carbocycles. The lowest BCUT2D eigenvalue weighted by molar-refractivity contribution is 0.281. The van der Waals surface area contributed by atoms with Crippen molar-refractivity contribution in [2.75, 3.05) is 20.3 Å². The van der Waals surface area contributed by atoms with Crippen LogP contribution in [-0.2, 0) is 6.54 Å². The van der Waals surface area contributed by atoms with Crippen LogP contribution in [0.25, 0.3) is 0 Å². The predicted octanol–water partition coefficient (Wildman–Crippen LogP) is 2.21. The molecule has 92 valence electrons. The van der Waals surface area contributed by atoms with Crippen LogP contribution in [0, 0.1) is 12.3 Å². The van der Waals surface area contributed by atoms with Crippen LogP contribution in [0.2, 0.25) is 0 Å². The molecule has 3 nitrogen and oxygen atoms in total. The first kappa shape index (κ1) is 13.4. The Bertz CT molecular complexity index is 382. The molecule has 1 N–H and O–H groups in total. The van der Waals surface area contributed by atoms with Crippen LogP contribution in [0.3, 0.4) is 0 Å². The van der Waals surface area contributed by atoms with E-state index in [0.29, 0.717) is 19.6 Å². The first-order chi connectivity index (χ1) is 8.31. The third kappa shape index (κ3) is 4.38. The van der Waals surface area contributed by atoms with E-state index < -0.39 is 0 Å². The van der Waals surface area contributed by atoms with Gasteiger partial charge in [0.1, 0.15) is 0 Å². The number of hydrogen-bond donors (Lipinski definition) is 1. The van der Waals surface area contributed by atoms with E-state index >= 15 is 0 Å². The highest BCUT2D eigenvalue weighted by molar-refractivity contribution is 5.43. The monoisotopic (exact) mass is 233 g/mol. The van der Waals surface area contributed by atoms with Crippen LogP contribution < -0.4 is 14.8 Å². The van der Waals surface area contributed by atoms with E-state index in [2.05, 4.69) is 11.2 Å². The van der Waals surface area contributed by atoms with E-state index in [9.17, 15) is 0 Å². The second-order valence-electron chi connectivity index (χ2n) is 3.55. The Hall–Kier alpha value is -1.66. The van der Waals surface area contributed by atoms with Gasteiger partial charge < -0.3 is 14.8 Å². The molecule has 0 unspecified atom stereocenters. The van der Waals surface area contributed by atoms with Crippen molar-refractivity contribution in [3.05, 3.63) is 23.8 Å². The minimum atomic E-state index is 0.516. The normalized spacial score (nSPS) is 9.71. The van der Waals surface area contributed by atoms with Crippen LogP contribution in [0.5, 0.6) is 11.5 Å². The molecule has 0 radical (unpaired) electrons. The van der Waals surface area contributed by atoms with Crippen LogP contribution in [0.1, 0.15) is 18.9 Å². The fourth-order valence-corrected chi connectivity index (χ4v) is 1.47. The third-order valence-electron chi connectivity index (χ3n) is 2.19. The SMILES string of the molecule is C#CCCOc1ccc(CNC)cc1OCC. The summed E-state index contributed by atoms with van der Waals surface area (Å²) < 4.78 is 11.1. The van der Waals surface area contributed by atoms with Gasteiger partial charge in [-0.15, -0.1) is 12.3 Å². The Balaban J connectivity index is 2.76. The van der Waals surface area contributed by atoms with Gasteiger partial charge in [0.2, 0.25) is 0 Å². The third-order valence-corrected chi connectivity index (χ3v) is 2.19. The van der Waals surface area contributed by atoms with Crippen LogP contribution in [0.4, 0.5) is 0 Å². The zero-order valence-electron chi connectivity index (χ0n) is 10.5. The quantitative estimate of drug-likeness (QED) is 0.578. The topological polar surface area (TPSA) is 30.5 Å². The van der Waals surface area contributed by atoms with Gasteiger partial charge >= 0.3 is 0 Å². The standard InChI is InChI=1S/C14H19NO2/c1-4-6-9-17-13-8-7-12(11-15-3)10-14(13)16-5-2/h1,7-8,10,15H,5-6,9,11H2,2-3H3. The van der Waals surface area contributed by atoms with E-state index in [4.69, 9.17) is 15.9 Å². The molecule has 0 aliphatic rings. The van der Waals surface area contributed by atoms with E-state index in [1.807, 2.05) is 32.2 Å². The van der Waals surface area contributed by atoms with Gasteiger partial charge in [-0.25, -0.2) is 0 Å². The molecule has 0 aliphatic carbocycles. The first-order valence-corrected chi connectivity index (χ1v) is 5.78. The van der Waals surface area contributed by atoms with Crippen molar-refractivity contribution in [1.29, 1.82) is 0 Å². The zero-order valence-corrected chi connectivity index (χ0v) is 10.5. The Morgan fingerprint density at radius 3 is 2.76 bits per heavy atom. The van der Waals surface area contributed by atoms with Gasteiger partial charge in [0.25, 0.3) is 0 Å². The summed E-state index contributed by atoms with van der Waals surface area (Å²) in [5, 5.41) is 3.10. The number of benzene rings is 1. The smallest absolute Gasteiger partial charge is 0.161 e. The number of hydrogen-bond acceptors (Lipinski definition) is 3. The summed E-state index contributed by atoms with van der Waals surface area (Å²) in [6.45, 7) is 3.90. The molecule has 0 spiro atoms. The Morgan fingerprint density at radius 1 is 1.29 bits per heavy atom. The summed E-state index contributed by atoms with van der Waals surface area (Å²) in [6, 6.07) is 5.93. The number of nitrogens with one attached hydrogen (secondary N) is 1. The molecule has 0 heterocycles. The van der Waals surface area contributed by atoms with Gasteiger partial charge in [-0.2, -0.15) is 0 Å². The van der Waals surface area contributed by atoms with Crippen LogP contribution in [0.15, 0.2) is 18.2 Å². The first-order valence-electron chi connectivity index (χ1n) is 5.78. The Kier molecular flexibility index (Phi) is 5.98. The van der Waals surface area contributed by atoms with Crippen molar-refractivity contribution in [1.82, 2.24) is 5.32 Å². The summed E-state index contributed by atoms with van der Waals surface area (Å²) in [7, 11) is 1.91. The summed E-state index contributed by atoms with van der Waals surface area (Å²) in [6.07, 6.45) is 5.78. The fourth-order valence-electron chi connectivity index (χ4n) is 1.47. The van der Waals surface area contributed by atoms with E-state index in [1.165, 1.54) is 5.56 Å². The molecule has 0 bridgehead atoms. The molecule has 0 aromatic heterocycles. The van der Waals surface area contributed by atoms with Crippen molar-refractivity contribution in [3.8, 4) is 23.8 Å². The highest BCUT2D eigenvalue weighted by atomic mass is 16.5. The molecule has 0 saturated heterocycles. The van der Waals surface area contributed by atoms with Crippen molar-refractivity contribution >= 4 is 0 Å². The highest BCUT2D eigenvalue weighted by Crippen LogP contribution is 2.28. The molecule has 1 aromatic rings. The number of terminal acetylenes is 1. The van der Waals surface area contributed by atoms with Crippen LogP contribution in [-0.4, -0.2) is 20.3 Å². The van der Waals surface area contributed by atoms with Gasteiger partial charge in [0, 0.05) is 13.0 Å². The molecule has 17 heavy (non-hydrogen) atoms. The van der Waals surface area contributed by atoms with Gasteiger partial charge in [-0.3, -0.25) is 0 Å². The summed E-state index contributed by atoms with van der Waals surface area (Å²) in [5.74, 6) is 4.07. The minimum absolute atomic E-state index is 0.516. The molecule has 0 aliphatic heterocycles. The fraction of sp³-hybridized carbons (Fsp3) is 0.429. The number of rotatable bonds is 7. The van der Waals surface area contributed by atoms with Gasteiger partial charge in [-0.05, 0) is 31.7 Å². The van der Waals surface area contributed by atoms with E-state index in [-0.39, 0.29) is 0 Å². The maximum Gasteiger partial charge on any atom is 0.161 e. The van der Waals surface area contributed by atoms with Crippen molar-refractivity contribution in [3.63, 3.8) is 0 Å². The molecule has 0 saturated carbocycles. The molecular formula is C14H19NO2. The molecule has 0 amide bonds. The van der Waals surface area contributed by atoms with Crippen molar-refractivity contribution in [2.24, 2.45) is 0 Å². The summed E-state index contributed by atoms with van der Waals surface area (Å²) >= 11 is 0. The second-order valence-corrected chi connectivity index (χ2v) is 3.55. The van der Waals surface area contributed by atoms with E-state index in [0.717, 1.165) is 18.0 Å². The van der Waals surface area contributed by atoms with Crippen molar-refractivity contribution in [2.45, 2.75) is 19.9 Å². The maximum atomic E-state index is 5.58.